The second-order valence-corrected chi connectivity index (χ2v) is 2.78. The molecule has 0 aliphatic carbocycles. The fraction of sp³-hybridized carbons (Fsp3) is 0.100. The van der Waals surface area contributed by atoms with Crippen molar-refractivity contribution < 1.29 is 23.9 Å². The van der Waals surface area contributed by atoms with Crippen LogP contribution in [0.3, 0.4) is 0 Å². The number of esters is 1. The molecule has 6 heteroatoms. The second-order valence-electron chi connectivity index (χ2n) is 2.78. The average molecular weight is 223 g/mol. The van der Waals surface area contributed by atoms with Crippen molar-refractivity contribution in [2.24, 2.45) is 5.73 Å². The van der Waals surface area contributed by atoms with Crippen LogP contribution in [0.25, 0.3) is 0 Å². The lowest BCUT2D eigenvalue weighted by molar-refractivity contribution is -0.150. The van der Waals surface area contributed by atoms with Crippen molar-refractivity contribution in [3.63, 3.8) is 0 Å². The van der Waals surface area contributed by atoms with Crippen LogP contribution in [-0.4, -0.2) is 18.0 Å². The molecule has 0 heterocycles. The van der Waals surface area contributed by atoms with Gasteiger partial charge in [-0.3, -0.25) is 4.79 Å². The Morgan fingerprint density at radius 1 is 1.12 bits per heavy atom. The van der Waals surface area contributed by atoms with Gasteiger partial charge in [0.15, 0.2) is 0 Å². The molecule has 1 aromatic carbocycles. The lowest BCUT2D eigenvalue weighted by Gasteiger charge is -2.03. The van der Waals surface area contributed by atoms with Crippen LogP contribution in [0.4, 0.5) is 4.79 Å². The van der Waals surface area contributed by atoms with Gasteiger partial charge in [0.1, 0.15) is 6.61 Å². The van der Waals surface area contributed by atoms with Gasteiger partial charge >= 0.3 is 18.0 Å². The van der Waals surface area contributed by atoms with Crippen molar-refractivity contribution in [3.05, 3.63) is 35.9 Å². The van der Waals surface area contributed by atoms with Crippen molar-refractivity contribution >= 4 is 18.0 Å². The van der Waals surface area contributed by atoms with Gasteiger partial charge in [0.2, 0.25) is 0 Å². The largest absolute Gasteiger partial charge is 0.516 e. The van der Waals surface area contributed by atoms with Crippen LogP contribution in [0.2, 0.25) is 0 Å². The molecule has 0 atom stereocenters. The number of hydrogen-bond donors (Lipinski definition) is 1. The number of carbonyl (C=O) groups is 3. The molecule has 84 valence electrons. The topological polar surface area (TPSA) is 95.7 Å². The summed E-state index contributed by atoms with van der Waals surface area (Å²) in [5.74, 6) is -2.80. The Morgan fingerprint density at radius 3 is 2.31 bits per heavy atom. The molecule has 6 nitrogen and oxygen atoms in total. The van der Waals surface area contributed by atoms with Crippen LogP contribution in [0.1, 0.15) is 5.56 Å². The molecule has 0 spiro atoms. The SMILES string of the molecule is NC(=O)C(=O)OC(=O)OCc1ccccc1. The molecule has 0 saturated carbocycles. The van der Waals surface area contributed by atoms with Gasteiger partial charge < -0.3 is 15.2 Å². The van der Waals surface area contributed by atoms with Crippen molar-refractivity contribution in [1.29, 1.82) is 0 Å². The van der Waals surface area contributed by atoms with Crippen LogP contribution in [0.15, 0.2) is 30.3 Å². The highest BCUT2D eigenvalue weighted by Crippen LogP contribution is 2.01. The maximum absolute atomic E-state index is 10.9. The number of benzene rings is 1. The number of amides is 1. The average Bonchev–Trinajstić information content (AvgIpc) is 2.27. The lowest BCUT2D eigenvalue weighted by atomic mass is 10.2. The molecule has 0 aromatic heterocycles. The Labute approximate surface area is 90.9 Å². The fourth-order valence-electron chi connectivity index (χ4n) is 0.872. The van der Waals surface area contributed by atoms with Gasteiger partial charge in [-0.05, 0) is 5.56 Å². The predicted molar refractivity (Wildman–Crippen MR) is 51.9 cm³/mol. The summed E-state index contributed by atoms with van der Waals surface area (Å²) < 4.78 is 8.52. The van der Waals surface area contributed by atoms with E-state index < -0.39 is 18.0 Å². The van der Waals surface area contributed by atoms with E-state index in [0.717, 1.165) is 5.56 Å². The van der Waals surface area contributed by atoms with Gasteiger partial charge in [-0.15, -0.1) is 0 Å². The molecule has 0 saturated heterocycles. The zero-order valence-electron chi connectivity index (χ0n) is 8.21. The van der Waals surface area contributed by atoms with Crippen molar-refractivity contribution in [2.45, 2.75) is 6.61 Å². The third-order valence-electron chi connectivity index (χ3n) is 1.58. The van der Waals surface area contributed by atoms with Crippen LogP contribution >= 0.6 is 0 Å². The Bertz CT molecular complexity index is 401. The zero-order chi connectivity index (χ0) is 12.0. The third-order valence-corrected chi connectivity index (χ3v) is 1.58. The first-order chi connectivity index (χ1) is 7.59. The minimum Gasteiger partial charge on any atom is -0.429 e. The minimum absolute atomic E-state index is 0.0499. The van der Waals surface area contributed by atoms with Crippen LogP contribution < -0.4 is 5.73 Å². The van der Waals surface area contributed by atoms with Crippen molar-refractivity contribution in [3.8, 4) is 0 Å². The van der Waals surface area contributed by atoms with Gasteiger partial charge in [-0.2, -0.15) is 0 Å². The number of carbonyl (C=O) groups excluding carboxylic acids is 3. The quantitative estimate of drug-likeness (QED) is 0.443. The summed E-state index contributed by atoms with van der Waals surface area (Å²) in [5, 5.41) is 0. The summed E-state index contributed by atoms with van der Waals surface area (Å²) in [6.07, 6.45) is -1.26. The van der Waals surface area contributed by atoms with Gasteiger partial charge in [-0.1, -0.05) is 30.3 Å². The molecule has 0 bridgehead atoms. The highest BCUT2D eigenvalue weighted by Gasteiger charge is 2.16. The molecule has 1 amide bonds. The molecule has 0 aliphatic heterocycles. The fourth-order valence-corrected chi connectivity index (χ4v) is 0.872. The number of hydrogen-bond acceptors (Lipinski definition) is 5. The summed E-state index contributed by atoms with van der Waals surface area (Å²) in [6.45, 7) is -0.0499. The molecule has 16 heavy (non-hydrogen) atoms. The lowest BCUT2D eigenvalue weighted by Crippen LogP contribution is -2.28. The molecule has 0 fully saturated rings. The van der Waals surface area contributed by atoms with E-state index in [1.54, 1.807) is 30.3 Å². The Morgan fingerprint density at radius 2 is 1.75 bits per heavy atom. The van der Waals surface area contributed by atoms with Crippen molar-refractivity contribution in [1.82, 2.24) is 0 Å². The first-order valence-electron chi connectivity index (χ1n) is 4.32. The normalized spacial score (nSPS) is 9.25. The molecular weight excluding hydrogens is 214 g/mol. The zero-order valence-corrected chi connectivity index (χ0v) is 8.21. The molecular formula is C10H9NO5. The monoisotopic (exact) mass is 223 g/mol. The predicted octanol–water partition coefficient (Wildman–Crippen LogP) is 0.352. The van der Waals surface area contributed by atoms with Crippen LogP contribution in [-0.2, 0) is 25.7 Å². The van der Waals surface area contributed by atoms with E-state index in [0.29, 0.717) is 0 Å². The van der Waals surface area contributed by atoms with Crippen LogP contribution in [0.5, 0.6) is 0 Å². The van der Waals surface area contributed by atoms with E-state index in [4.69, 9.17) is 0 Å². The molecule has 1 aromatic rings. The van der Waals surface area contributed by atoms with E-state index in [9.17, 15) is 14.4 Å². The maximum Gasteiger partial charge on any atom is 0.516 e. The Balaban J connectivity index is 2.36. The maximum atomic E-state index is 10.9. The smallest absolute Gasteiger partial charge is 0.429 e. The van der Waals surface area contributed by atoms with E-state index >= 15 is 0 Å². The van der Waals surface area contributed by atoms with Crippen LogP contribution in [0, 0.1) is 0 Å². The Hall–Kier alpha value is -2.37. The minimum atomic E-state index is -1.45. The molecule has 0 aliphatic rings. The summed E-state index contributed by atoms with van der Waals surface area (Å²) in [7, 11) is 0. The van der Waals surface area contributed by atoms with Gasteiger partial charge in [-0.25, -0.2) is 9.59 Å². The first-order valence-corrected chi connectivity index (χ1v) is 4.32. The number of primary amides is 1. The van der Waals surface area contributed by atoms with E-state index in [1.165, 1.54) is 0 Å². The van der Waals surface area contributed by atoms with E-state index in [2.05, 4.69) is 15.2 Å². The Kier molecular flexibility index (Phi) is 4.02. The van der Waals surface area contributed by atoms with Gasteiger partial charge in [0, 0.05) is 0 Å². The van der Waals surface area contributed by atoms with Gasteiger partial charge in [0.05, 0.1) is 0 Å². The van der Waals surface area contributed by atoms with E-state index in [1.807, 2.05) is 0 Å². The van der Waals surface area contributed by atoms with Crippen molar-refractivity contribution in [2.75, 3.05) is 0 Å². The standard InChI is InChI=1S/C10H9NO5/c11-8(12)9(13)16-10(14)15-6-7-4-2-1-3-5-7/h1-5H,6H2,(H2,11,12). The second kappa shape index (κ2) is 5.50. The molecule has 1 rings (SSSR count). The highest BCUT2D eigenvalue weighted by molar-refractivity contribution is 6.33. The molecule has 0 unspecified atom stereocenters. The number of ether oxygens (including phenoxy) is 2. The summed E-state index contributed by atoms with van der Waals surface area (Å²) in [5.41, 5.74) is 5.30. The number of rotatable bonds is 2. The highest BCUT2D eigenvalue weighted by atomic mass is 16.7. The third kappa shape index (κ3) is 3.79. The molecule has 2 N–H and O–H groups in total. The first kappa shape index (κ1) is 11.7. The molecule has 0 radical (unpaired) electrons. The summed E-state index contributed by atoms with van der Waals surface area (Å²) >= 11 is 0. The summed E-state index contributed by atoms with van der Waals surface area (Å²) in [6, 6.07) is 8.78. The van der Waals surface area contributed by atoms with E-state index in [-0.39, 0.29) is 6.61 Å². The number of nitrogens with two attached hydrogens (primary N) is 1. The summed E-state index contributed by atoms with van der Waals surface area (Å²) in [4.78, 5) is 31.7. The van der Waals surface area contributed by atoms with Gasteiger partial charge in [0.25, 0.3) is 0 Å².